The number of carbonyl (C=O) groups excluding carboxylic acids is 1. The molecular formula is C13H13NO4. The maximum absolute atomic E-state index is 10.7. The molecule has 5 heteroatoms. The van der Waals surface area contributed by atoms with E-state index >= 15 is 0 Å². The molecule has 0 bridgehead atoms. The largest absolute Gasteiger partial charge is 0.493 e. The lowest BCUT2D eigenvalue weighted by molar-refractivity contribution is 0.111. The van der Waals surface area contributed by atoms with E-state index in [1.807, 2.05) is 0 Å². The molecule has 0 aliphatic carbocycles. The second kappa shape index (κ2) is 4.91. The van der Waals surface area contributed by atoms with Gasteiger partial charge in [0.25, 0.3) is 0 Å². The Morgan fingerprint density at radius 1 is 1.22 bits per heavy atom. The molecule has 0 aliphatic rings. The molecule has 1 aromatic heterocycles. The first kappa shape index (κ1) is 12.2. The number of nitrogens with zero attached hydrogens (tertiary/aromatic N) is 1. The van der Waals surface area contributed by atoms with Crippen molar-refractivity contribution in [1.82, 2.24) is 4.98 Å². The van der Waals surface area contributed by atoms with Gasteiger partial charge in [-0.15, -0.1) is 0 Å². The van der Waals surface area contributed by atoms with Gasteiger partial charge in [-0.3, -0.25) is 4.79 Å². The van der Waals surface area contributed by atoms with Crippen LogP contribution >= 0.6 is 0 Å². The average Bonchev–Trinajstić information content (AvgIpc) is 2.79. The van der Waals surface area contributed by atoms with Crippen LogP contribution in [0, 0.1) is 6.92 Å². The second-order valence-electron chi connectivity index (χ2n) is 3.65. The number of aryl methyl sites for hydroxylation is 1. The number of ether oxygens (including phenoxy) is 2. The minimum absolute atomic E-state index is 0.305. The van der Waals surface area contributed by atoms with Crippen LogP contribution in [0.25, 0.3) is 11.5 Å². The highest BCUT2D eigenvalue weighted by Crippen LogP contribution is 2.32. The van der Waals surface area contributed by atoms with E-state index in [4.69, 9.17) is 13.9 Å². The lowest BCUT2D eigenvalue weighted by Crippen LogP contribution is -1.91. The molecule has 18 heavy (non-hydrogen) atoms. The van der Waals surface area contributed by atoms with Crippen molar-refractivity contribution in [2.75, 3.05) is 14.2 Å². The highest BCUT2D eigenvalue weighted by atomic mass is 16.5. The molecule has 0 unspecified atom stereocenters. The summed E-state index contributed by atoms with van der Waals surface area (Å²) in [6.07, 6.45) is 0.670. The van der Waals surface area contributed by atoms with E-state index in [-0.39, 0.29) is 0 Å². The van der Waals surface area contributed by atoms with Crippen molar-refractivity contribution in [3.8, 4) is 23.0 Å². The van der Waals surface area contributed by atoms with E-state index in [0.717, 1.165) is 5.56 Å². The zero-order valence-corrected chi connectivity index (χ0v) is 10.4. The Morgan fingerprint density at radius 3 is 2.50 bits per heavy atom. The third-order valence-corrected chi connectivity index (χ3v) is 2.57. The standard InChI is InChI=1S/C13H13NO4/c1-8-10(7-15)14-13(18-8)9-4-5-11(16-2)12(6-9)17-3/h4-7H,1-3H3. The molecule has 1 aromatic carbocycles. The normalized spacial score (nSPS) is 10.2. The molecule has 2 aromatic rings. The van der Waals surface area contributed by atoms with Gasteiger partial charge in [0.1, 0.15) is 11.5 Å². The van der Waals surface area contributed by atoms with Gasteiger partial charge in [-0.05, 0) is 25.1 Å². The Balaban J connectivity index is 2.47. The van der Waals surface area contributed by atoms with Crippen LogP contribution in [0.15, 0.2) is 22.6 Å². The van der Waals surface area contributed by atoms with Crippen LogP contribution in [0.1, 0.15) is 16.2 Å². The maximum atomic E-state index is 10.7. The minimum Gasteiger partial charge on any atom is -0.493 e. The fourth-order valence-corrected chi connectivity index (χ4v) is 1.61. The molecule has 1 heterocycles. The van der Waals surface area contributed by atoms with Crippen LogP contribution in [-0.4, -0.2) is 25.5 Å². The van der Waals surface area contributed by atoms with Crippen LogP contribution in [0.2, 0.25) is 0 Å². The van der Waals surface area contributed by atoms with Gasteiger partial charge in [-0.1, -0.05) is 0 Å². The number of carbonyl (C=O) groups is 1. The van der Waals surface area contributed by atoms with Gasteiger partial charge in [-0.2, -0.15) is 0 Å². The van der Waals surface area contributed by atoms with Crippen molar-refractivity contribution in [2.45, 2.75) is 6.92 Å². The number of rotatable bonds is 4. The van der Waals surface area contributed by atoms with Gasteiger partial charge >= 0.3 is 0 Å². The van der Waals surface area contributed by atoms with Gasteiger partial charge in [-0.25, -0.2) is 4.98 Å². The monoisotopic (exact) mass is 247 g/mol. The Hall–Kier alpha value is -2.30. The maximum Gasteiger partial charge on any atom is 0.227 e. The number of aldehydes is 1. The first-order valence-corrected chi connectivity index (χ1v) is 5.34. The number of aromatic nitrogens is 1. The van der Waals surface area contributed by atoms with Crippen LogP contribution in [0.3, 0.4) is 0 Å². The zero-order chi connectivity index (χ0) is 13.1. The summed E-state index contributed by atoms with van der Waals surface area (Å²) >= 11 is 0. The third kappa shape index (κ3) is 2.07. The zero-order valence-electron chi connectivity index (χ0n) is 10.4. The summed E-state index contributed by atoms with van der Waals surface area (Å²) in [5, 5.41) is 0. The van der Waals surface area contributed by atoms with E-state index in [2.05, 4.69) is 4.98 Å². The van der Waals surface area contributed by atoms with Crippen LogP contribution < -0.4 is 9.47 Å². The molecular weight excluding hydrogens is 234 g/mol. The predicted molar refractivity (Wildman–Crippen MR) is 65.2 cm³/mol. The molecule has 94 valence electrons. The van der Waals surface area contributed by atoms with E-state index in [9.17, 15) is 4.79 Å². The van der Waals surface area contributed by atoms with E-state index in [1.165, 1.54) is 0 Å². The molecule has 0 fully saturated rings. The molecule has 2 rings (SSSR count). The molecule has 0 saturated heterocycles. The first-order chi connectivity index (χ1) is 8.69. The number of hydrogen-bond acceptors (Lipinski definition) is 5. The Kier molecular flexibility index (Phi) is 3.32. The molecule has 0 saturated carbocycles. The molecule has 0 radical (unpaired) electrons. The van der Waals surface area contributed by atoms with Gasteiger partial charge in [0.15, 0.2) is 17.8 Å². The van der Waals surface area contributed by atoms with Crippen molar-refractivity contribution in [2.24, 2.45) is 0 Å². The molecule has 0 spiro atoms. The summed E-state index contributed by atoms with van der Waals surface area (Å²) in [6, 6.07) is 5.30. The fourth-order valence-electron chi connectivity index (χ4n) is 1.61. The van der Waals surface area contributed by atoms with Crippen molar-refractivity contribution in [3.63, 3.8) is 0 Å². The molecule has 0 amide bonds. The highest BCUT2D eigenvalue weighted by molar-refractivity contribution is 5.74. The van der Waals surface area contributed by atoms with Crippen molar-refractivity contribution < 1.29 is 18.7 Å². The SMILES string of the molecule is COc1ccc(-c2nc(C=O)c(C)o2)cc1OC. The summed E-state index contributed by atoms with van der Waals surface area (Å²) in [4.78, 5) is 14.8. The first-order valence-electron chi connectivity index (χ1n) is 5.34. The van der Waals surface area contributed by atoms with Crippen molar-refractivity contribution >= 4 is 6.29 Å². The molecule has 5 nitrogen and oxygen atoms in total. The number of methoxy groups -OCH3 is 2. The number of hydrogen-bond donors (Lipinski definition) is 0. The van der Waals surface area contributed by atoms with E-state index in [1.54, 1.807) is 39.3 Å². The summed E-state index contributed by atoms with van der Waals surface area (Å²) < 4.78 is 15.8. The summed E-state index contributed by atoms with van der Waals surface area (Å²) in [7, 11) is 3.12. The van der Waals surface area contributed by atoms with E-state index in [0.29, 0.717) is 35.1 Å². The lowest BCUT2D eigenvalue weighted by Gasteiger charge is -2.07. The second-order valence-corrected chi connectivity index (χ2v) is 3.65. The van der Waals surface area contributed by atoms with Gasteiger partial charge in [0.2, 0.25) is 5.89 Å². The molecule has 0 aliphatic heterocycles. The topological polar surface area (TPSA) is 61.6 Å². The van der Waals surface area contributed by atoms with Crippen LogP contribution in [-0.2, 0) is 0 Å². The quantitative estimate of drug-likeness (QED) is 0.777. The van der Waals surface area contributed by atoms with Crippen molar-refractivity contribution in [1.29, 1.82) is 0 Å². The summed E-state index contributed by atoms with van der Waals surface area (Å²) in [6.45, 7) is 1.70. The lowest BCUT2D eigenvalue weighted by atomic mass is 10.2. The Bertz CT molecular complexity index is 574. The van der Waals surface area contributed by atoms with Crippen molar-refractivity contribution in [3.05, 3.63) is 29.7 Å². The van der Waals surface area contributed by atoms with Gasteiger partial charge < -0.3 is 13.9 Å². The molecule has 0 atom stereocenters. The minimum atomic E-state index is 0.305. The van der Waals surface area contributed by atoms with E-state index < -0.39 is 0 Å². The van der Waals surface area contributed by atoms with Gasteiger partial charge in [0, 0.05) is 5.56 Å². The number of benzene rings is 1. The Morgan fingerprint density at radius 2 is 1.94 bits per heavy atom. The smallest absolute Gasteiger partial charge is 0.227 e. The fraction of sp³-hybridized carbons (Fsp3) is 0.231. The summed E-state index contributed by atoms with van der Waals surface area (Å²) in [5.41, 5.74) is 1.03. The predicted octanol–water partition coefficient (Wildman–Crippen LogP) is 2.48. The van der Waals surface area contributed by atoms with Crippen LogP contribution in [0.5, 0.6) is 11.5 Å². The van der Waals surface area contributed by atoms with Crippen LogP contribution in [0.4, 0.5) is 0 Å². The summed E-state index contributed by atoms with van der Waals surface area (Å²) in [5.74, 6) is 2.09. The molecule has 0 N–H and O–H groups in total. The highest BCUT2D eigenvalue weighted by Gasteiger charge is 2.13. The third-order valence-electron chi connectivity index (χ3n) is 2.57. The van der Waals surface area contributed by atoms with Gasteiger partial charge in [0.05, 0.1) is 14.2 Å². The Labute approximate surface area is 104 Å². The average molecular weight is 247 g/mol. The number of oxazole rings is 1.